The molecule has 6 heteroatoms. The predicted molar refractivity (Wildman–Crippen MR) is 78.8 cm³/mol. The molecule has 0 atom stereocenters. The second-order valence-electron chi connectivity index (χ2n) is 5.79. The summed E-state index contributed by atoms with van der Waals surface area (Å²) in [5.41, 5.74) is 1.12. The summed E-state index contributed by atoms with van der Waals surface area (Å²) in [7, 11) is 0. The largest absolute Gasteiger partial charge is 0.478 e. The van der Waals surface area contributed by atoms with Crippen LogP contribution in [-0.4, -0.2) is 47.3 Å². The summed E-state index contributed by atoms with van der Waals surface area (Å²) in [5.74, 6) is -1.02. The Bertz CT molecular complexity index is 569. The number of rotatable bonds is 2. The molecule has 0 radical (unpaired) electrons. The van der Waals surface area contributed by atoms with Crippen LogP contribution in [0.25, 0.3) is 0 Å². The number of benzene rings is 1. The molecule has 0 saturated carbocycles. The average Bonchev–Trinajstić information content (AvgIpc) is 2.39. The highest BCUT2D eigenvalue weighted by molar-refractivity contribution is 5.94. The summed E-state index contributed by atoms with van der Waals surface area (Å²) < 4.78 is 5.57. The van der Waals surface area contributed by atoms with E-state index in [1.54, 1.807) is 11.0 Å². The highest BCUT2D eigenvalue weighted by Gasteiger charge is 2.30. The van der Waals surface area contributed by atoms with Crippen LogP contribution in [0.3, 0.4) is 0 Å². The molecule has 6 nitrogen and oxygen atoms in total. The monoisotopic (exact) mass is 292 g/mol. The third-order valence-electron chi connectivity index (χ3n) is 3.44. The van der Waals surface area contributed by atoms with Gasteiger partial charge in [0.2, 0.25) is 0 Å². The molecule has 0 spiro atoms. The van der Waals surface area contributed by atoms with E-state index >= 15 is 0 Å². The molecule has 1 aromatic carbocycles. The quantitative estimate of drug-likeness (QED) is 0.877. The molecule has 21 heavy (non-hydrogen) atoms. The van der Waals surface area contributed by atoms with Gasteiger partial charge in [0.1, 0.15) is 0 Å². The van der Waals surface area contributed by atoms with Crippen molar-refractivity contribution >= 4 is 17.7 Å². The van der Waals surface area contributed by atoms with Gasteiger partial charge in [0.05, 0.1) is 24.3 Å². The maximum Gasteiger partial charge on any atom is 0.335 e. The number of amides is 2. The number of carboxylic acid groups (broad SMARTS) is 1. The Hall–Kier alpha value is -2.08. The van der Waals surface area contributed by atoms with Gasteiger partial charge in [0, 0.05) is 12.2 Å². The van der Waals surface area contributed by atoms with E-state index in [1.165, 1.54) is 12.1 Å². The van der Waals surface area contributed by atoms with Crippen LogP contribution < -0.4 is 5.32 Å². The van der Waals surface area contributed by atoms with Crippen LogP contribution >= 0.6 is 0 Å². The van der Waals surface area contributed by atoms with Gasteiger partial charge in [-0.05, 0) is 38.5 Å². The smallest absolute Gasteiger partial charge is 0.335 e. The van der Waals surface area contributed by atoms with Gasteiger partial charge in [-0.25, -0.2) is 9.59 Å². The highest BCUT2D eigenvalue weighted by Crippen LogP contribution is 2.20. The van der Waals surface area contributed by atoms with Gasteiger partial charge < -0.3 is 20.1 Å². The number of hydrogen-bond donors (Lipinski definition) is 2. The first kappa shape index (κ1) is 15.3. The maximum atomic E-state index is 12.3. The van der Waals surface area contributed by atoms with Crippen molar-refractivity contribution in [2.24, 2.45) is 0 Å². The molecule has 114 valence electrons. The molecular formula is C15H20N2O4. The van der Waals surface area contributed by atoms with E-state index in [9.17, 15) is 9.59 Å². The van der Waals surface area contributed by atoms with Crippen molar-refractivity contribution in [2.75, 3.05) is 25.0 Å². The molecule has 1 aliphatic rings. The van der Waals surface area contributed by atoms with Crippen molar-refractivity contribution in [1.82, 2.24) is 4.90 Å². The van der Waals surface area contributed by atoms with Crippen LogP contribution in [0.15, 0.2) is 18.2 Å². The molecule has 1 saturated heterocycles. The number of anilines is 1. The fraction of sp³-hybridized carbons (Fsp3) is 0.467. The Morgan fingerprint density at radius 1 is 1.38 bits per heavy atom. The van der Waals surface area contributed by atoms with Crippen LogP contribution in [0, 0.1) is 6.92 Å². The molecule has 0 aliphatic carbocycles. The molecule has 2 N–H and O–H groups in total. The number of carbonyl (C=O) groups excluding carboxylic acids is 1. The van der Waals surface area contributed by atoms with Gasteiger partial charge in [-0.15, -0.1) is 0 Å². The van der Waals surface area contributed by atoms with Crippen LogP contribution in [0.4, 0.5) is 10.5 Å². The summed E-state index contributed by atoms with van der Waals surface area (Å²) in [5, 5.41) is 11.8. The summed E-state index contributed by atoms with van der Waals surface area (Å²) in [6.45, 7) is 7.20. The number of hydrogen-bond acceptors (Lipinski definition) is 3. The van der Waals surface area contributed by atoms with E-state index in [0.717, 1.165) is 5.56 Å². The average molecular weight is 292 g/mol. The van der Waals surface area contributed by atoms with Gasteiger partial charge in [0.25, 0.3) is 0 Å². The zero-order valence-corrected chi connectivity index (χ0v) is 12.5. The van der Waals surface area contributed by atoms with E-state index in [1.807, 2.05) is 20.8 Å². The molecule has 0 unspecified atom stereocenters. The summed E-state index contributed by atoms with van der Waals surface area (Å²) in [6, 6.07) is 4.44. The number of urea groups is 1. The molecule has 0 bridgehead atoms. The molecule has 1 aliphatic heterocycles. The van der Waals surface area contributed by atoms with Crippen LogP contribution in [0.2, 0.25) is 0 Å². The second kappa shape index (κ2) is 5.73. The van der Waals surface area contributed by atoms with Gasteiger partial charge in [-0.3, -0.25) is 0 Å². The lowest BCUT2D eigenvalue weighted by molar-refractivity contribution is -0.0720. The molecule has 0 aromatic heterocycles. The number of morpholine rings is 1. The predicted octanol–water partition coefficient (Wildman–Crippen LogP) is 2.34. The standard InChI is InChI=1S/C15H20N2O4/c1-10-4-5-11(13(18)19)8-12(10)16-14(20)17-6-7-21-15(2,3)9-17/h4-5,8H,6-7,9H2,1-3H3,(H,16,20)(H,18,19). The number of ether oxygens (including phenoxy) is 1. The van der Waals surface area contributed by atoms with Crippen molar-refractivity contribution in [3.8, 4) is 0 Å². The lowest BCUT2D eigenvalue weighted by Crippen LogP contribution is -2.51. The van der Waals surface area contributed by atoms with Gasteiger partial charge >= 0.3 is 12.0 Å². The number of nitrogens with one attached hydrogen (secondary N) is 1. The van der Waals surface area contributed by atoms with E-state index in [2.05, 4.69) is 5.32 Å². The minimum absolute atomic E-state index is 0.151. The normalized spacial score (nSPS) is 17.4. The molecule has 2 rings (SSSR count). The molecule has 1 fully saturated rings. The van der Waals surface area contributed by atoms with Gasteiger partial charge in [-0.1, -0.05) is 6.07 Å². The summed E-state index contributed by atoms with van der Waals surface area (Å²) >= 11 is 0. The van der Waals surface area contributed by atoms with E-state index in [4.69, 9.17) is 9.84 Å². The highest BCUT2D eigenvalue weighted by atomic mass is 16.5. The van der Waals surface area contributed by atoms with Crippen molar-refractivity contribution in [3.05, 3.63) is 29.3 Å². The topological polar surface area (TPSA) is 78.9 Å². The first-order valence-corrected chi connectivity index (χ1v) is 6.82. The Labute approximate surface area is 123 Å². The maximum absolute atomic E-state index is 12.3. The summed E-state index contributed by atoms with van der Waals surface area (Å²) in [4.78, 5) is 25.0. The molecule has 1 heterocycles. The number of aryl methyl sites for hydroxylation is 1. The number of aromatic carboxylic acids is 1. The molecule has 2 amide bonds. The third-order valence-corrected chi connectivity index (χ3v) is 3.44. The minimum atomic E-state index is -1.02. The Morgan fingerprint density at radius 3 is 2.71 bits per heavy atom. The fourth-order valence-electron chi connectivity index (χ4n) is 2.27. The Balaban J connectivity index is 2.12. The number of carbonyl (C=O) groups is 2. The zero-order valence-electron chi connectivity index (χ0n) is 12.5. The first-order valence-electron chi connectivity index (χ1n) is 6.82. The van der Waals surface area contributed by atoms with Crippen LogP contribution in [-0.2, 0) is 4.74 Å². The van der Waals surface area contributed by atoms with E-state index in [0.29, 0.717) is 25.4 Å². The van der Waals surface area contributed by atoms with Gasteiger partial charge in [0.15, 0.2) is 0 Å². The third kappa shape index (κ3) is 3.72. The van der Waals surface area contributed by atoms with E-state index in [-0.39, 0.29) is 17.2 Å². The lowest BCUT2D eigenvalue weighted by Gasteiger charge is -2.38. The molecular weight excluding hydrogens is 272 g/mol. The lowest BCUT2D eigenvalue weighted by atomic mass is 10.1. The Kier molecular flexibility index (Phi) is 4.18. The minimum Gasteiger partial charge on any atom is -0.478 e. The van der Waals surface area contributed by atoms with Crippen molar-refractivity contribution < 1.29 is 19.4 Å². The SMILES string of the molecule is Cc1ccc(C(=O)O)cc1NC(=O)N1CCOC(C)(C)C1. The van der Waals surface area contributed by atoms with Crippen molar-refractivity contribution in [2.45, 2.75) is 26.4 Å². The number of nitrogens with zero attached hydrogens (tertiary/aromatic N) is 1. The molecule has 1 aromatic rings. The fourth-order valence-corrected chi connectivity index (χ4v) is 2.27. The van der Waals surface area contributed by atoms with E-state index < -0.39 is 5.97 Å². The number of carboxylic acids is 1. The Morgan fingerprint density at radius 2 is 2.10 bits per heavy atom. The van der Waals surface area contributed by atoms with Gasteiger partial charge in [-0.2, -0.15) is 0 Å². The van der Waals surface area contributed by atoms with Crippen LogP contribution in [0.1, 0.15) is 29.8 Å². The van der Waals surface area contributed by atoms with Crippen molar-refractivity contribution in [3.63, 3.8) is 0 Å². The summed E-state index contributed by atoms with van der Waals surface area (Å²) in [6.07, 6.45) is 0. The second-order valence-corrected chi connectivity index (χ2v) is 5.79. The zero-order chi connectivity index (χ0) is 15.6. The van der Waals surface area contributed by atoms with Crippen molar-refractivity contribution in [1.29, 1.82) is 0 Å². The van der Waals surface area contributed by atoms with Crippen LogP contribution in [0.5, 0.6) is 0 Å². The first-order chi connectivity index (χ1) is 9.78.